The summed E-state index contributed by atoms with van der Waals surface area (Å²) in [5.74, 6) is -1.47. The molecule has 10 N–H and O–H groups in total. The van der Waals surface area contributed by atoms with Gasteiger partial charge >= 0.3 is 15.6 Å². The number of halogens is 2. The number of hydrogen-bond acceptors (Lipinski definition) is 22. The van der Waals surface area contributed by atoms with Crippen LogP contribution in [0.1, 0.15) is 81.5 Å². The van der Waals surface area contributed by atoms with Gasteiger partial charge in [0.25, 0.3) is 11.8 Å². The Labute approximate surface area is 405 Å². The molecule has 0 bridgehead atoms. The Bertz CT molecular complexity index is 2330. The fourth-order valence-corrected chi connectivity index (χ4v) is 9.82. The number of hydrogen-bond donors (Lipinski definition) is 10. The molecule has 380 valence electrons. The molecule has 2 fully saturated rings. The van der Waals surface area contributed by atoms with Gasteiger partial charge in [-0.2, -0.15) is 0 Å². The summed E-state index contributed by atoms with van der Waals surface area (Å²) < 4.78 is 44.8. The van der Waals surface area contributed by atoms with Crippen LogP contribution < -0.4 is 20.4 Å². The summed E-state index contributed by atoms with van der Waals surface area (Å²) in [5.41, 5.74) is 0.784. The molecule has 0 aromatic carbocycles. The number of phosphoric ester groups is 2. The summed E-state index contributed by atoms with van der Waals surface area (Å²) in [6, 6.07) is -0.804. The van der Waals surface area contributed by atoms with Crippen LogP contribution in [0.3, 0.4) is 0 Å². The van der Waals surface area contributed by atoms with Gasteiger partial charge in [-0.1, -0.05) is 59.7 Å². The molecule has 68 heavy (non-hydrogen) atoms. The van der Waals surface area contributed by atoms with E-state index in [2.05, 4.69) is 50.0 Å². The fraction of sp³-hybridized carbons (Fsp3) is 0.647. The minimum Gasteiger partial charge on any atom is -0.393 e. The number of aryl methyl sites for hydroxylation is 1. The number of aliphatic hydroxyl groups is 4. The SMILES string of the molecule is CCc1c(Cl)nc(C(=O)N[C@@H]2CCN(c3nnc([C@@H](O)CO)s3)C[C@@H]2OC)n1COP(=O)(O)O.CCc1nc(C(=O)N[C@@H]2CCN(c3nnc([C@@H](O)CO)s3)C[C@@H]2OC)n(COP(=O)(O)O)c1Cl. The lowest BCUT2D eigenvalue weighted by Gasteiger charge is -2.37. The van der Waals surface area contributed by atoms with Crippen molar-refractivity contribution in [1.29, 1.82) is 0 Å². The molecule has 4 aromatic heterocycles. The Morgan fingerprint density at radius 1 is 0.735 bits per heavy atom. The van der Waals surface area contributed by atoms with Gasteiger partial charge in [0.1, 0.15) is 40.8 Å². The van der Waals surface area contributed by atoms with Gasteiger partial charge in [-0.3, -0.25) is 27.8 Å². The second-order valence-corrected chi connectivity index (χ2v) is 20.0. The van der Waals surface area contributed by atoms with Gasteiger partial charge in [-0.15, -0.1) is 20.4 Å². The number of aliphatic hydroxyl groups excluding tert-OH is 4. The predicted octanol–water partition coefficient (Wildman–Crippen LogP) is 0.133. The molecule has 2 amide bonds. The largest absolute Gasteiger partial charge is 0.471 e. The number of piperidine rings is 2. The molecule has 4 aromatic rings. The maximum atomic E-state index is 13.0. The van der Waals surface area contributed by atoms with E-state index in [1.165, 1.54) is 18.8 Å². The van der Waals surface area contributed by atoms with E-state index >= 15 is 0 Å². The number of amides is 2. The zero-order valence-corrected chi connectivity index (χ0v) is 41.7. The highest BCUT2D eigenvalue weighted by Crippen LogP contribution is 2.38. The molecule has 2 saturated heterocycles. The quantitative estimate of drug-likeness (QED) is 0.0526. The van der Waals surface area contributed by atoms with Crippen LogP contribution in [0.25, 0.3) is 0 Å². The summed E-state index contributed by atoms with van der Waals surface area (Å²) in [4.78, 5) is 74.2. The van der Waals surface area contributed by atoms with Crippen LogP contribution in [0.2, 0.25) is 10.3 Å². The molecule has 0 radical (unpaired) electrons. The van der Waals surface area contributed by atoms with Crippen molar-refractivity contribution in [1.82, 2.24) is 50.1 Å². The standard InChI is InChI=1S/2C17H26ClN6O8PS/c1-3-10-13(18)20-14(24(10)8-32-33(28,29)30)15(27)19-9-4-5-23(6-12(9)31-2)17-22-21-16(34-17)11(26)7-25;1-3-9-13(18)24(8-32-33(28,29)30)14(19-9)15(27)20-10-4-5-23(6-12(10)31-2)17-22-21-16(34-17)11(26)7-25/h9,11-12,25-26H,3-8H2,1-2H3,(H,19,27)(H2,28,29,30);10-12,25-26H,3-8H2,1-2H3,(H,20,27)(H2,28,29,30)/t9-,11+,12+;10-,11+,12+/m11/s1. The number of ether oxygens (including phenoxy) is 2. The summed E-state index contributed by atoms with van der Waals surface area (Å²) in [5, 5.41) is 61.1. The number of phosphoric acid groups is 2. The number of imidazole rings is 2. The average molecular weight is 1080 g/mol. The minimum atomic E-state index is -4.80. The molecule has 0 aliphatic carbocycles. The van der Waals surface area contributed by atoms with Crippen LogP contribution in [0, 0.1) is 0 Å². The van der Waals surface area contributed by atoms with Crippen LogP contribution >= 0.6 is 61.5 Å². The first-order valence-electron chi connectivity index (χ1n) is 20.5. The fourth-order valence-electron chi connectivity index (χ4n) is 6.96. The van der Waals surface area contributed by atoms with Gasteiger partial charge in [0.15, 0.2) is 5.15 Å². The molecule has 28 nitrogen and oxygen atoms in total. The average Bonchev–Trinajstić information content (AvgIpc) is 4.13. The van der Waals surface area contributed by atoms with E-state index in [-0.39, 0.29) is 22.0 Å². The summed E-state index contributed by atoms with van der Waals surface area (Å²) in [6.07, 6.45) is -1.33. The number of nitrogens with zero attached hydrogens (tertiary/aromatic N) is 10. The van der Waals surface area contributed by atoms with Crippen molar-refractivity contribution in [3.8, 4) is 0 Å². The zero-order chi connectivity index (χ0) is 50.1. The lowest BCUT2D eigenvalue weighted by molar-refractivity contribution is 0.0532. The van der Waals surface area contributed by atoms with E-state index < -0.39 is 90.6 Å². The van der Waals surface area contributed by atoms with Crippen molar-refractivity contribution in [2.45, 2.75) is 89.5 Å². The maximum Gasteiger partial charge on any atom is 0.471 e. The number of carbonyl (C=O) groups excluding carboxylic acids is 2. The molecule has 6 rings (SSSR count). The van der Waals surface area contributed by atoms with Gasteiger partial charge in [0, 0.05) is 40.4 Å². The Balaban J connectivity index is 0.000000254. The Morgan fingerprint density at radius 3 is 1.57 bits per heavy atom. The summed E-state index contributed by atoms with van der Waals surface area (Å²) in [7, 11) is -6.56. The van der Waals surface area contributed by atoms with E-state index in [9.17, 15) is 28.9 Å². The van der Waals surface area contributed by atoms with Crippen molar-refractivity contribution in [2.24, 2.45) is 0 Å². The van der Waals surface area contributed by atoms with E-state index in [4.69, 9.17) is 62.5 Å². The first-order chi connectivity index (χ1) is 32.1. The van der Waals surface area contributed by atoms with E-state index in [1.54, 1.807) is 13.8 Å². The monoisotopic (exact) mass is 1080 g/mol. The number of nitrogens with one attached hydrogen (secondary N) is 2. The van der Waals surface area contributed by atoms with Crippen molar-refractivity contribution in [2.75, 3.05) is 63.4 Å². The van der Waals surface area contributed by atoms with Crippen LogP contribution in [-0.4, -0.2) is 169 Å². The highest BCUT2D eigenvalue weighted by Gasteiger charge is 2.36. The third-order valence-electron chi connectivity index (χ3n) is 10.5. The normalized spacial score (nSPS) is 19.9. The highest BCUT2D eigenvalue weighted by atomic mass is 35.5. The summed E-state index contributed by atoms with van der Waals surface area (Å²) in [6.45, 7) is 3.14. The topological polar surface area (TPSA) is 385 Å². The second kappa shape index (κ2) is 24.7. The Hall–Kier alpha value is -3.36. The molecule has 2 aliphatic heterocycles. The van der Waals surface area contributed by atoms with Gasteiger partial charge in [0.05, 0.1) is 48.9 Å². The minimum absolute atomic E-state index is 0.0391. The number of methoxy groups -OCH3 is 2. The van der Waals surface area contributed by atoms with E-state index in [0.717, 1.165) is 27.2 Å². The van der Waals surface area contributed by atoms with Crippen LogP contribution in [0.15, 0.2) is 0 Å². The van der Waals surface area contributed by atoms with Gasteiger partial charge < -0.3 is 69.9 Å². The van der Waals surface area contributed by atoms with Crippen molar-refractivity contribution in [3.05, 3.63) is 43.4 Å². The van der Waals surface area contributed by atoms with Crippen molar-refractivity contribution >= 4 is 83.6 Å². The van der Waals surface area contributed by atoms with Crippen LogP contribution in [0.4, 0.5) is 10.3 Å². The number of anilines is 2. The van der Waals surface area contributed by atoms with Crippen molar-refractivity contribution in [3.63, 3.8) is 0 Å². The smallest absolute Gasteiger partial charge is 0.393 e. The predicted molar refractivity (Wildman–Crippen MR) is 241 cm³/mol. The molecule has 6 atom stereocenters. The second-order valence-electron chi connectivity index (χ2n) is 14.8. The van der Waals surface area contributed by atoms with Crippen LogP contribution in [0.5, 0.6) is 0 Å². The molecule has 0 unspecified atom stereocenters. The van der Waals surface area contributed by atoms with Crippen molar-refractivity contribution < 1.29 is 77.2 Å². The van der Waals surface area contributed by atoms with Crippen LogP contribution in [-0.2, 0) is 54.0 Å². The Morgan fingerprint density at radius 2 is 1.18 bits per heavy atom. The molecular weight excluding hydrogens is 1030 g/mol. The molecule has 34 heteroatoms. The lowest BCUT2D eigenvalue weighted by Crippen LogP contribution is -2.55. The van der Waals surface area contributed by atoms with Gasteiger partial charge in [-0.05, 0) is 25.7 Å². The lowest BCUT2D eigenvalue weighted by atomic mass is 10.0. The molecule has 6 heterocycles. The van der Waals surface area contributed by atoms with Gasteiger partial charge in [-0.25, -0.2) is 19.1 Å². The number of rotatable bonds is 20. The van der Waals surface area contributed by atoms with Gasteiger partial charge in [0.2, 0.25) is 21.9 Å². The molecule has 2 aliphatic rings. The highest BCUT2D eigenvalue weighted by molar-refractivity contribution is 7.46. The first-order valence-corrected chi connectivity index (χ1v) is 25.9. The molecule has 0 saturated carbocycles. The van der Waals surface area contributed by atoms with E-state index in [1.807, 2.05) is 9.80 Å². The maximum absolute atomic E-state index is 13.0. The molecular formula is C34H52Cl2N12O16P2S2. The number of aromatic nitrogens is 8. The van der Waals surface area contributed by atoms with E-state index in [0.29, 0.717) is 83.5 Å². The number of carbonyl (C=O) groups is 2. The summed E-state index contributed by atoms with van der Waals surface area (Å²) >= 11 is 14.7. The zero-order valence-electron chi connectivity index (χ0n) is 36.7. The first kappa shape index (κ1) is 55.6. The third kappa shape index (κ3) is 14.4. The molecule has 0 spiro atoms. The third-order valence-corrected chi connectivity index (χ3v) is 14.3. The Kier molecular flexibility index (Phi) is 20.1.